The standard InChI is InChI=1S/C23H29NO3S/c1-17-24-21-16-18(11-14-22(21)28-17)20-13-12-19(25)10-8-6-4-2-3-5-7-9-15-27-23(20)26/h5,7,11,14,16,20H,2-4,6,8-10,12-13,15H2,1H3. The van der Waals surface area contributed by atoms with Gasteiger partial charge in [0.25, 0.3) is 0 Å². The van der Waals surface area contributed by atoms with Crippen LogP contribution in [0.5, 0.6) is 0 Å². The highest BCUT2D eigenvalue weighted by Gasteiger charge is 2.24. The van der Waals surface area contributed by atoms with Crippen LogP contribution in [0.3, 0.4) is 0 Å². The maximum Gasteiger partial charge on any atom is 0.313 e. The van der Waals surface area contributed by atoms with Crippen molar-refractivity contribution in [3.63, 3.8) is 0 Å². The highest BCUT2D eigenvalue weighted by molar-refractivity contribution is 7.18. The van der Waals surface area contributed by atoms with Crippen molar-refractivity contribution >= 4 is 33.3 Å². The lowest BCUT2D eigenvalue weighted by atomic mass is 9.92. The summed E-state index contributed by atoms with van der Waals surface area (Å²) < 4.78 is 6.66. The van der Waals surface area contributed by atoms with E-state index >= 15 is 0 Å². The van der Waals surface area contributed by atoms with E-state index in [-0.39, 0.29) is 11.8 Å². The van der Waals surface area contributed by atoms with E-state index in [2.05, 4.69) is 17.1 Å². The number of carbonyl (C=O) groups excluding carboxylic acids is 2. The molecule has 0 aliphatic carbocycles. The van der Waals surface area contributed by atoms with Gasteiger partial charge in [-0.2, -0.15) is 0 Å². The van der Waals surface area contributed by atoms with Crippen LogP contribution < -0.4 is 0 Å². The summed E-state index contributed by atoms with van der Waals surface area (Å²) in [5.74, 6) is -0.401. The highest BCUT2D eigenvalue weighted by atomic mass is 32.1. The van der Waals surface area contributed by atoms with Crippen molar-refractivity contribution in [2.45, 2.75) is 70.6 Å². The number of aryl methyl sites for hydroxylation is 1. The predicted molar refractivity (Wildman–Crippen MR) is 114 cm³/mol. The molecular formula is C23H29NO3S. The fourth-order valence-corrected chi connectivity index (χ4v) is 4.44. The van der Waals surface area contributed by atoms with Crippen molar-refractivity contribution in [3.8, 4) is 0 Å². The summed E-state index contributed by atoms with van der Waals surface area (Å²) >= 11 is 1.65. The number of allylic oxidation sites excluding steroid dienone is 1. The van der Waals surface area contributed by atoms with Crippen LogP contribution >= 0.6 is 11.3 Å². The van der Waals surface area contributed by atoms with Crippen molar-refractivity contribution in [2.24, 2.45) is 0 Å². The van der Waals surface area contributed by atoms with Gasteiger partial charge < -0.3 is 4.74 Å². The topological polar surface area (TPSA) is 56.3 Å². The van der Waals surface area contributed by atoms with Crippen molar-refractivity contribution in [1.29, 1.82) is 0 Å². The normalized spacial score (nSPS) is 21.0. The van der Waals surface area contributed by atoms with Crippen LogP contribution in [0.4, 0.5) is 0 Å². The molecule has 2 heterocycles. The van der Waals surface area contributed by atoms with Crippen molar-refractivity contribution < 1.29 is 14.3 Å². The number of rotatable bonds is 1. The molecule has 28 heavy (non-hydrogen) atoms. The van der Waals surface area contributed by atoms with Crippen LogP contribution in [0.15, 0.2) is 30.4 Å². The molecule has 1 atom stereocenters. The summed E-state index contributed by atoms with van der Waals surface area (Å²) in [5, 5.41) is 1.01. The van der Waals surface area contributed by atoms with Crippen molar-refractivity contribution in [1.82, 2.24) is 4.98 Å². The molecule has 0 N–H and O–H groups in total. The zero-order valence-electron chi connectivity index (χ0n) is 16.6. The quantitative estimate of drug-likeness (QED) is 0.444. The number of fused-ring (bicyclic) bond motifs is 1. The van der Waals surface area contributed by atoms with Crippen LogP contribution in [0.2, 0.25) is 0 Å². The second kappa shape index (κ2) is 10.5. The minimum atomic E-state index is -0.410. The number of thiazole rings is 1. The Hall–Kier alpha value is -2.01. The molecule has 1 aliphatic heterocycles. The minimum absolute atomic E-state index is 0.236. The number of hydrogen-bond acceptors (Lipinski definition) is 5. The molecule has 5 heteroatoms. The van der Waals surface area contributed by atoms with E-state index in [1.807, 2.05) is 25.1 Å². The van der Waals surface area contributed by atoms with Crippen molar-refractivity contribution in [2.75, 3.05) is 6.61 Å². The van der Waals surface area contributed by atoms with Gasteiger partial charge in [0.1, 0.15) is 5.78 Å². The number of cyclic esters (lactones) is 1. The summed E-state index contributed by atoms with van der Waals surface area (Å²) in [7, 11) is 0. The second-order valence-corrected chi connectivity index (χ2v) is 8.71. The molecule has 0 saturated heterocycles. The predicted octanol–water partition coefficient (Wildman–Crippen LogP) is 5.88. The molecule has 2 aromatic rings. The van der Waals surface area contributed by atoms with Crippen LogP contribution in [0.25, 0.3) is 10.2 Å². The Bertz CT molecular complexity index is 839. The Balaban J connectivity index is 1.76. The molecule has 1 unspecified atom stereocenters. The molecular weight excluding hydrogens is 370 g/mol. The largest absolute Gasteiger partial charge is 0.465 e. The van der Waals surface area contributed by atoms with E-state index in [0.29, 0.717) is 25.9 Å². The van der Waals surface area contributed by atoms with Gasteiger partial charge in [0.2, 0.25) is 0 Å². The lowest BCUT2D eigenvalue weighted by Crippen LogP contribution is -2.18. The number of ketones is 1. The molecule has 1 aliphatic rings. The Kier molecular flexibility index (Phi) is 7.78. The van der Waals surface area contributed by atoms with Gasteiger partial charge in [0, 0.05) is 12.8 Å². The molecule has 3 rings (SSSR count). The number of carbonyl (C=O) groups is 2. The smallest absolute Gasteiger partial charge is 0.313 e. The zero-order chi connectivity index (χ0) is 19.8. The Morgan fingerprint density at radius 2 is 1.86 bits per heavy atom. The molecule has 0 saturated carbocycles. The van der Waals surface area contributed by atoms with Gasteiger partial charge in [-0.15, -0.1) is 11.3 Å². The first kappa shape index (κ1) is 20.7. The van der Waals surface area contributed by atoms with Gasteiger partial charge in [0.15, 0.2) is 0 Å². The van der Waals surface area contributed by atoms with E-state index < -0.39 is 5.92 Å². The number of aromatic nitrogens is 1. The molecule has 0 radical (unpaired) electrons. The fourth-order valence-electron chi connectivity index (χ4n) is 3.63. The highest BCUT2D eigenvalue weighted by Crippen LogP contribution is 2.29. The first-order valence-corrected chi connectivity index (χ1v) is 11.2. The molecule has 0 fully saturated rings. The van der Waals surface area contributed by atoms with Crippen molar-refractivity contribution in [3.05, 3.63) is 40.9 Å². The summed E-state index contributed by atoms with van der Waals surface area (Å²) in [4.78, 5) is 29.6. The average Bonchev–Trinajstić information content (AvgIpc) is 3.04. The van der Waals surface area contributed by atoms with E-state index in [0.717, 1.165) is 52.9 Å². The number of esters is 1. The van der Waals surface area contributed by atoms with Gasteiger partial charge in [-0.25, -0.2) is 4.98 Å². The molecule has 0 amide bonds. The van der Waals surface area contributed by atoms with E-state index in [4.69, 9.17) is 4.74 Å². The summed E-state index contributed by atoms with van der Waals surface area (Å²) in [6, 6.07) is 5.98. The third-order valence-corrected chi connectivity index (χ3v) is 6.14. The Labute approximate surface area is 171 Å². The van der Waals surface area contributed by atoms with E-state index in [9.17, 15) is 9.59 Å². The van der Waals surface area contributed by atoms with Gasteiger partial charge >= 0.3 is 5.97 Å². The Morgan fingerprint density at radius 1 is 1.04 bits per heavy atom. The van der Waals surface area contributed by atoms with Crippen LogP contribution in [-0.2, 0) is 14.3 Å². The van der Waals surface area contributed by atoms with Gasteiger partial charge in [-0.1, -0.05) is 31.1 Å². The summed E-state index contributed by atoms with van der Waals surface area (Å²) in [6.45, 7) is 2.37. The average molecular weight is 400 g/mol. The Morgan fingerprint density at radius 3 is 2.75 bits per heavy atom. The van der Waals surface area contributed by atoms with Gasteiger partial charge in [-0.3, -0.25) is 9.59 Å². The van der Waals surface area contributed by atoms with E-state index in [1.54, 1.807) is 11.3 Å². The number of Topliss-reactive ketones (excluding diaryl/α,β-unsaturated/α-hetero) is 1. The second-order valence-electron chi connectivity index (χ2n) is 7.47. The number of nitrogens with zero attached hydrogens (tertiary/aromatic N) is 1. The maximum atomic E-state index is 12.8. The molecule has 150 valence electrons. The van der Waals surface area contributed by atoms with Crippen LogP contribution in [0, 0.1) is 6.92 Å². The maximum absolute atomic E-state index is 12.8. The molecule has 0 bridgehead atoms. The molecule has 1 aromatic heterocycles. The SMILES string of the molecule is Cc1nc2cc(C3CCC(=O)CCCCCCC=CCCOC3=O)ccc2s1. The molecule has 4 nitrogen and oxygen atoms in total. The van der Waals surface area contributed by atoms with Gasteiger partial charge in [0.05, 0.1) is 27.7 Å². The van der Waals surface area contributed by atoms with E-state index in [1.165, 1.54) is 6.42 Å². The summed E-state index contributed by atoms with van der Waals surface area (Å²) in [5.41, 5.74) is 1.81. The molecule has 0 spiro atoms. The summed E-state index contributed by atoms with van der Waals surface area (Å²) in [6.07, 6.45) is 12.0. The lowest BCUT2D eigenvalue weighted by molar-refractivity contribution is -0.145. The lowest BCUT2D eigenvalue weighted by Gasteiger charge is -2.16. The number of hydrogen-bond donors (Lipinski definition) is 0. The zero-order valence-corrected chi connectivity index (χ0v) is 17.4. The first-order valence-electron chi connectivity index (χ1n) is 10.3. The molecule has 1 aromatic carbocycles. The first-order chi connectivity index (χ1) is 13.6. The third kappa shape index (κ3) is 5.99. The van der Waals surface area contributed by atoms with Crippen LogP contribution in [0.1, 0.15) is 74.3 Å². The van der Waals surface area contributed by atoms with Gasteiger partial charge in [-0.05, 0) is 56.7 Å². The number of ether oxygens (including phenoxy) is 1. The third-order valence-electron chi connectivity index (χ3n) is 5.19. The minimum Gasteiger partial charge on any atom is -0.465 e. The fraction of sp³-hybridized carbons (Fsp3) is 0.522. The monoisotopic (exact) mass is 399 g/mol. The van der Waals surface area contributed by atoms with Crippen LogP contribution in [-0.4, -0.2) is 23.3 Å². The number of benzene rings is 1.